The van der Waals surface area contributed by atoms with Crippen LogP contribution in [0.15, 0.2) is 60.3 Å². The molecular formula is C20H19N3O4. The number of nitriles is 1. The summed E-state index contributed by atoms with van der Waals surface area (Å²) in [5.41, 5.74) is 1.84. The number of rotatable bonds is 7. The third-order valence-electron chi connectivity index (χ3n) is 3.67. The lowest BCUT2D eigenvalue weighted by molar-refractivity contribution is -0.117. The number of nitrogens with zero attached hydrogens (tertiary/aromatic N) is 1. The van der Waals surface area contributed by atoms with Crippen molar-refractivity contribution in [3.63, 3.8) is 0 Å². The molecular weight excluding hydrogens is 346 g/mol. The van der Waals surface area contributed by atoms with Crippen LogP contribution in [0.25, 0.3) is 0 Å². The number of methoxy groups -OCH3 is 2. The van der Waals surface area contributed by atoms with Gasteiger partial charge in [-0.15, -0.1) is 0 Å². The summed E-state index contributed by atoms with van der Waals surface area (Å²) in [6, 6.07) is 15.6. The van der Waals surface area contributed by atoms with E-state index < -0.39 is 11.9 Å². The Morgan fingerprint density at radius 1 is 1.07 bits per heavy atom. The summed E-state index contributed by atoms with van der Waals surface area (Å²) in [7, 11) is 2.89. The molecule has 7 nitrogen and oxygen atoms in total. The van der Waals surface area contributed by atoms with Gasteiger partial charge >= 0.3 is 5.97 Å². The minimum absolute atomic E-state index is 0.0689. The van der Waals surface area contributed by atoms with E-state index in [9.17, 15) is 14.9 Å². The molecule has 0 aliphatic carbocycles. The number of amides is 1. The van der Waals surface area contributed by atoms with Crippen molar-refractivity contribution in [1.29, 1.82) is 5.26 Å². The zero-order chi connectivity index (χ0) is 19.6. The number of carbonyl (C=O) groups excluding carboxylic acids is 2. The first-order chi connectivity index (χ1) is 13.1. The quantitative estimate of drug-likeness (QED) is 0.444. The summed E-state index contributed by atoms with van der Waals surface area (Å²) in [5, 5.41) is 14.7. The molecule has 2 N–H and O–H groups in total. The Balaban J connectivity index is 1.95. The summed E-state index contributed by atoms with van der Waals surface area (Å²) in [4.78, 5) is 23.5. The molecule has 0 unspecified atom stereocenters. The van der Waals surface area contributed by atoms with Gasteiger partial charge in [-0.25, -0.2) is 4.79 Å². The molecule has 0 fully saturated rings. The van der Waals surface area contributed by atoms with Crippen LogP contribution < -0.4 is 15.4 Å². The summed E-state index contributed by atoms with van der Waals surface area (Å²) in [6.45, 7) is 0.287. The standard InChI is InChI=1S/C20H19N3O4/c1-26-18-9-3-14(4-10-18)12-23-19(24)16(11-21)13-22-17-7-5-15(6-8-17)20(25)27-2/h3-10,13,22H,12H2,1-2H3,(H,23,24)/b16-13-. The third-order valence-corrected chi connectivity index (χ3v) is 3.67. The van der Waals surface area contributed by atoms with Crippen molar-refractivity contribution in [2.45, 2.75) is 6.54 Å². The second-order valence-electron chi connectivity index (χ2n) is 5.41. The summed E-state index contributed by atoms with van der Waals surface area (Å²) < 4.78 is 9.70. The SMILES string of the molecule is COC(=O)c1ccc(N/C=C(/C#N)C(=O)NCc2ccc(OC)cc2)cc1. The number of nitrogens with one attached hydrogen (secondary N) is 2. The number of anilines is 1. The lowest BCUT2D eigenvalue weighted by Crippen LogP contribution is -2.24. The van der Waals surface area contributed by atoms with Gasteiger partial charge in [-0.2, -0.15) is 5.26 Å². The van der Waals surface area contributed by atoms with E-state index in [0.717, 1.165) is 11.3 Å². The minimum Gasteiger partial charge on any atom is -0.497 e. The lowest BCUT2D eigenvalue weighted by Gasteiger charge is -2.07. The number of esters is 1. The highest BCUT2D eigenvalue weighted by atomic mass is 16.5. The van der Waals surface area contributed by atoms with Crippen LogP contribution in [0.4, 0.5) is 5.69 Å². The van der Waals surface area contributed by atoms with Gasteiger partial charge in [0.2, 0.25) is 0 Å². The van der Waals surface area contributed by atoms with Crippen molar-refractivity contribution < 1.29 is 19.1 Å². The molecule has 2 aromatic carbocycles. The van der Waals surface area contributed by atoms with E-state index in [1.54, 1.807) is 43.5 Å². The van der Waals surface area contributed by atoms with E-state index >= 15 is 0 Å². The fourth-order valence-corrected chi connectivity index (χ4v) is 2.15. The molecule has 0 aliphatic rings. The maximum Gasteiger partial charge on any atom is 0.337 e. The van der Waals surface area contributed by atoms with Crippen LogP contribution in [-0.4, -0.2) is 26.1 Å². The van der Waals surface area contributed by atoms with Gasteiger partial charge < -0.3 is 20.1 Å². The fraction of sp³-hybridized carbons (Fsp3) is 0.150. The highest BCUT2D eigenvalue weighted by molar-refractivity contribution is 5.97. The van der Waals surface area contributed by atoms with Gasteiger partial charge in [0, 0.05) is 18.4 Å². The Kier molecular flexibility index (Phi) is 6.97. The predicted molar refractivity (Wildman–Crippen MR) is 99.9 cm³/mol. The van der Waals surface area contributed by atoms with Crippen molar-refractivity contribution in [2.24, 2.45) is 0 Å². The molecule has 0 bridgehead atoms. The van der Waals surface area contributed by atoms with Gasteiger partial charge in [0.1, 0.15) is 17.4 Å². The van der Waals surface area contributed by atoms with Crippen molar-refractivity contribution in [3.05, 3.63) is 71.4 Å². The topological polar surface area (TPSA) is 100 Å². The minimum atomic E-state index is -0.494. The fourth-order valence-electron chi connectivity index (χ4n) is 2.15. The second kappa shape index (κ2) is 9.63. The molecule has 0 atom stereocenters. The van der Waals surface area contributed by atoms with Crippen molar-refractivity contribution >= 4 is 17.6 Å². The Labute approximate surface area is 157 Å². The molecule has 2 rings (SSSR count). The molecule has 0 saturated carbocycles. The van der Waals surface area contributed by atoms with Crippen LogP contribution in [0.2, 0.25) is 0 Å². The average molecular weight is 365 g/mol. The Hall–Kier alpha value is -3.79. The molecule has 0 radical (unpaired) electrons. The number of benzene rings is 2. The van der Waals surface area contributed by atoms with Gasteiger partial charge in [-0.1, -0.05) is 12.1 Å². The van der Waals surface area contributed by atoms with E-state index in [1.807, 2.05) is 18.2 Å². The third kappa shape index (κ3) is 5.61. The summed E-state index contributed by atoms with van der Waals surface area (Å²) >= 11 is 0. The largest absolute Gasteiger partial charge is 0.497 e. The molecule has 2 aromatic rings. The van der Waals surface area contributed by atoms with Crippen LogP contribution in [0.3, 0.4) is 0 Å². The zero-order valence-electron chi connectivity index (χ0n) is 15.0. The molecule has 7 heteroatoms. The highest BCUT2D eigenvalue weighted by Gasteiger charge is 2.09. The van der Waals surface area contributed by atoms with Crippen LogP contribution in [0, 0.1) is 11.3 Å². The molecule has 0 saturated heterocycles. The lowest BCUT2D eigenvalue weighted by atomic mass is 10.2. The van der Waals surface area contributed by atoms with E-state index in [0.29, 0.717) is 11.3 Å². The van der Waals surface area contributed by atoms with E-state index in [-0.39, 0.29) is 12.1 Å². The van der Waals surface area contributed by atoms with E-state index in [2.05, 4.69) is 15.4 Å². The summed E-state index contributed by atoms with van der Waals surface area (Å²) in [5.74, 6) is -0.204. The first-order valence-electron chi connectivity index (χ1n) is 8.03. The van der Waals surface area contributed by atoms with Crippen LogP contribution in [0.1, 0.15) is 15.9 Å². The smallest absolute Gasteiger partial charge is 0.337 e. The van der Waals surface area contributed by atoms with Gasteiger partial charge in [0.25, 0.3) is 5.91 Å². The molecule has 27 heavy (non-hydrogen) atoms. The Bertz CT molecular complexity index is 866. The Morgan fingerprint density at radius 2 is 1.74 bits per heavy atom. The average Bonchev–Trinajstić information content (AvgIpc) is 2.72. The molecule has 0 heterocycles. The number of carbonyl (C=O) groups is 2. The zero-order valence-corrected chi connectivity index (χ0v) is 15.0. The number of hydrogen-bond acceptors (Lipinski definition) is 6. The van der Waals surface area contributed by atoms with Crippen molar-refractivity contribution in [2.75, 3.05) is 19.5 Å². The van der Waals surface area contributed by atoms with Crippen LogP contribution in [-0.2, 0) is 16.1 Å². The molecule has 0 aromatic heterocycles. The van der Waals surface area contributed by atoms with Gasteiger partial charge in [0.05, 0.1) is 19.8 Å². The van der Waals surface area contributed by atoms with Gasteiger partial charge in [-0.3, -0.25) is 4.79 Å². The molecule has 0 spiro atoms. The van der Waals surface area contributed by atoms with E-state index in [1.165, 1.54) is 13.3 Å². The highest BCUT2D eigenvalue weighted by Crippen LogP contribution is 2.12. The van der Waals surface area contributed by atoms with Gasteiger partial charge in [-0.05, 0) is 42.0 Å². The molecule has 138 valence electrons. The summed E-state index contributed by atoms with van der Waals surface area (Å²) in [6.07, 6.45) is 1.32. The van der Waals surface area contributed by atoms with Crippen LogP contribution in [0.5, 0.6) is 5.75 Å². The van der Waals surface area contributed by atoms with Crippen molar-refractivity contribution in [3.8, 4) is 11.8 Å². The predicted octanol–water partition coefficient (Wildman–Crippen LogP) is 2.62. The normalized spacial score (nSPS) is 10.5. The number of hydrogen-bond donors (Lipinski definition) is 2. The van der Waals surface area contributed by atoms with Gasteiger partial charge in [0.15, 0.2) is 0 Å². The van der Waals surface area contributed by atoms with E-state index in [4.69, 9.17) is 4.74 Å². The molecule has 1 amide bonds. The molecule has 0 aliphatic heterocycles. The maximum atomic E-state index is 12.1. The maximum absolute atomic E-state index is 12.1. The number of ether oxygens (including phenoxy) is 2. The first-order valence-corrected chi connectivity index (χ1v) is 8.03. The second-order valence-corrected chi connectivity index (χ2v) is 5.41. The first kappa shape index (κ1) is 19.5. The monoisotopic (exact) mass is 365 g/mol. The Morgan fingerprint density at radius 3 is 2.30 bits per heavy atom. The van der Waals surface area contributed by atoms with Crippen molar-refractivity contribution in [1.82, 2.24) is 5.32 Å². The van der Waals surface area contributed by atoms with Crippen LogP contribution >= 0.6 is 0 Å².